The highest BCUT2D eigenvalue weighted by Crippen LogP contribution is 2.23. The molecular weight excluding hydrogens is 224 g/mol. The molecule has 0 aromatic heterocycles. The van der Waals surface area contributed by atoms with E-state index in [-0.39, 0.29) is 0 Å². The highest BCUT2D eigenvalue weighted by molar-refractivity contribution is 5.76. The van der Waals surface area contributed by atoms with Crippen LogP contribution >= 0.6 is 0 Å². The van der Waals surface area contributed by atoms with Gasteiger partial charge in [0.25, 0.3) is 0 Å². The Balaban J connectivity index is 4.63. The van der Waals surface area contributed by atoms with Crippen molar-refractivity contribution in [3.8, 4) is 0 Å². The molecule has 102 valence electrons. The van der Waals surface area contributed by atoms with Crippen molar-refractivity contribution >= 4 is 5.97 Å². The van der Waals surface area contributed by atoms with E-state index in [2.05, 4.69) is 0 Å². The molecule has 0 rings (SSSR count). The minimum atomic E-state index is -1.79. The summed E-state index contributed by atoms with van der Waals surface area (Å²) in [5, 5.41) is 0. The van der Waals surface area contributed by atoms with E-state index < -0.39 is 17.5 Å². The zero-order valence-corrected chi connectivity index (χ0v) is 11.7. The molecule has 0 aliphatic heterocycles. The zero-order valence-electron chi connectivity index (χ0n) is 11.7. The van der Waals surface area contributed by atoms with Crippen LogP contribution in [-0.2, 0) is 23.7 Å². The summed E-state index contributed by atoms with van der Waals surface area (Å²) in [4.78, 5) is 11.9. The Morgan fingerprint density at radius 1 is 1.12 bits per heavy atom. The summed E-state index contributed by atoms with van der Waals surface area (Å²) >= 11 is 0. The smallest absolute Gasteiger partial charge is 0.398 e. The third kappa shape index (κ3) is 5.48. The van der Waals surface area contributed by atoms with Gasteiger partial charge in [-0.25, -0.2) is 4.79 Å². The lowest BCUT2D eigenvalue weighted by Gasteiger charge is -2.33. The molecule has 17 heavy (non-hydrogen) atoms. The maximum atomic E-state index is 11.9. The van der Waals surface area contributed by atoms with E-state index in [0.717, 1.165) is 12.8 Å². The van der Waals surface area contributed by atoms with Crippen molar-refractivity contribution in [2.75, 3.05) is 20.8 Å². The maximum absolute atomic E-state index is 11.9. The number of hydrogen-bond acceptors (Lipinski definition) is 5. The fourth-order valence-electron chi connectivity index (χ4n) is 1.18. The van der Waals surface area contributed by atoms with E-state index in [1.165, 1.54) is 14.2 Å². The van der Waals surface area contributed by atoms with Crippen molar-refractivity contribution in [3.63, 3.8) is 0 Å². The van der Waals surface area contributed by atoms with Crippen molar-refractivity contribution in [1.82, 2.24) is 0 Å². The summed E-state index contributed by atoms with van der Waals surface area (Å²) in [6.07, 6.45) is 1.74. The summed E-state index contributed by atoms with van der Waals surface area (Å²) in [7, 11) is 2.69. The number of carbonyl (C=O) groups is 1. The van der Waals surface area contributed by atoms with Crippen molar-refractivity contribution in [2.45, 2.75) is 52.1 Å². The van der Waals surface area contributed by atoms with Gasteiger partial charge in [0.05, 0.1) is 12.2 Å². The molecule has 0 spiro atoms. The molecule has 0 heterocycles. The molecule has 0 N–H and O–H groups in total. The van der Waals surface area contributed by atoms with Gasteiger partial charge in [0.1, 0.15) is 0 Å². The first kappa shape index (κ1) is 16.4. The summed E-state index contributed by atoms with van der Waals surface area (Å²) in [6, 6.07) is 0. The number of rotatable bonds is 7. The molecule has 0 aliphatic carbocycles. The monoisotopic (exact) mass is 248 g/mol. The molecule has 0 atom stereocenters. The van der Waals surface area contributed by atoms with E-state index in [4.69, 9.17) is 18.9 Å². The van der Waals surface area contributed by atoms with Gasteiger partial charge < -0.3 is 18.9 Å². The van der Waals surface area contributed by atoms with Gasteiger partial charge in [-0.15, -0.1) is 0 Å². The van der Waals surface area contributed by atoms with Crippen LogP contribution in [-0.4, -0.2) is 38.4 Å². The van der Waals surface area contributed by atoms with Gasteiger partial charge in [-0.2, -0.15) is 0 Å². The number of carbonyl (C=O) groups excluding carboxylic acids is 1. The highest BCUT2D eigenvalue weighted by Gasteiger charge is 2.46. The van der Waals surface area contributed by atoms with Crippen molar-refractivity contribution in [1.29, 1.82) is 0 Å². The highest BCUT2D eigenvalue weighted by atomic mass is 16.9. The summed E-state index contributed by atoms with van der Waals surface area (Å²) in [5.74, 6) is -2.45. The number of methoxy groups -OCH3 is 2. The third-order valence-corrected chi connectivity index (χ3v) is 1.96. The molecule has 0 aromatic carbocycles. The van der Waals surface area contributed by atoms with E-state index in [1.807, 2.05) is 6.92 Å². The summed E-state index contributed by atoms with van der Waals surface area (Å²) < 4.78 is 20.6. The van der Waals surface area contributed by atoms with Crippen LogP contribution in [0.2, 0.25) is 0 Å². The van der Waals surface area contributed by atoms with E-state index in [9.17, 15) is 4.79 Å². The summed E-state index contributed by atoms with van der Waals surface area (Å²) in [6.45, 7) is 7.76. The Labute approximate surface area is 103 Å². The standard InChI is InChI=1S/C12H24O5/c1-7-8-9-16-10(13)12(14-5,15-6)17-11(2,3)4/h7-9H2,1-6H3. The molecule has 0 aromatic rings. The fraction of sp³-hybridized carbons (Fsp3) is 0.917. The van der Waals surface area contributed by atoms with Crippen LogP contribution in [0.4, 0.5) is 0 Å². The van der Waals surface area contributed by atoms with E-state index in [1.54, 1.807) is 20.8 Å². The Hall–Kier alpha value is -0.650. The maximum Gasteiger partial charge on any atom is 0.398 e. The average molecular weight is 248 g/mol. The molecule has 0 fully saturated rings. The number of unbranched alkanes of at least 4 members (excludes halogenated alkanes) is 1. The quantitative estimate of drug-likeness (QED) is 0.392. The second kappa shape index (κ2) is 6.93. The topological polar surface area (TPSA) is 54.0 Å². The molecule has 0 saturated heterocycles. The van der Waals surface area contributed by atoms with Crippen LogP contribution in [0.25, 0.3) is 0 Å². The predicted octanol–water partition coefficient (Wildman–Crippen LogP) is 2.09. The van der Waals surface area contributed by atoms with Gasteiger partial charge in [-0.05, 0) is 27.2 Å². The first-order valence-electron chi connectivity index (χ1n) is 5.79. The van der Waals surface area contributed by atoms with Crippen molar-refractivity contribution in [3.05, 3.63) is 0 Å². The van der Waals surface area contributed by atoms with Gasteiger partial charge in [-0.3, -0.25) is 0 Å². The van der Waals surface area contributed by atoms with Gasteiger partial charge in [0.2, 0.25) is 0 Å². The van der Waals surface area contributed by atoms with Gasteiger partial charge in [0, 0.05) is 14.2 Å². The first-order valence-corrected chi connectivity index (χ1v) is 5.79. The number of ether oxygens (including phenoxy) is 4. The second-order valence-electron chi connectivity index (χ2n) is 4.67. The lowest BCUT2D eigenvalue weighted by molar-refractivity contribution is -0.372. The number of hydrogen-bond donors (Lipinski definition) is 0. The van der Waals surface area contributed by atoms with Crippen LogP contribution in [0, 0.1) is 0 Å². The first-order chi connectivity index (χ1) is 7.81. The Morgan fingerprint density at radius 2 is 1.65 bits per heavy atom. The Morgan fingerprint density at radius 3 is 2.00 bits per heavy atom. The molecule has 0 bridgehead atoms. The minimum absolute atomic E-state index is 0.331. The average Bonchev–Trinajstić information content (AvgIpc) is 2.25. The van der Waals surface area contributed by atoms with Gasteiger partial charge in [-0.1, -0.05) is 13.3 Å². The third-order valence-electron chi connectivity index (χ3n) is 1.96. The molecule has 5 heteroatoms. The predicted molar refractivity (Wildman–Crippen MR) is 63.5 cm³/mol. The molecule has 0 unspecified atom stereocenters. The minimum Gasteiger partial charge on any atom is -0.460 e. The van der Waals surface area contributed by atoms with Gasteiger partial charge >= 0.3 is 11.9 Å². The van der Waals surface area contributed by atoms with Crippen LogP contribution < -0.4 is 0 Å². The van der Waals surface area contributed by atoms with Crippen molar-refractivity contribution in [2.24, 2.45) is 0 Å². The molecule has 0 saturated carbocycles. The Kier molecular flexibility index (Phi) is 6.67. The largest absolute Gasteiger partial charge is 0.460 e. The van der Waals surface area contributed by atoms with Crippen LogP contribution in [0.3, 0.4) is 0 Å². The fourth-order valence-corrected chi connectivity index (χ4v) is 1.18. The molecule has 0 amide bonds. The normalized spacial score (nSPS) is 12.6. The molecule has 0 radical (unpaired) electrons. The lowest BCUT2D eigenvalue weighted by Crippen LogP contribution is -2.51. The Bertz CT molecular complexity index is 228. The zero-order chi connectivity index (χ0) is 13.5. The van der Waals surface area contributed by atoms with Crippen LogP contribution in [0.15, 0.2) is 0 Å². The van der Waals surface area contributed by atoms with Crippen LogP contribution in [0.1, 0.15) is 40.5 Å². The van der Waals surface area contributed by atoms with Crippen LogP contribution in [0.5, 0.6) is 0 Å². The number of esters is 1. The van der Waals surface area contributed by atoms with Crippen molar-refractivity contribution < 1.29 is 23.7 Å². The molecule has 5 nitrogen and oxygen atoms in total. The molecular formula is C12H24O5. The SMILES string of the molecule is CCCCOC(=O)C(OC)(OC)OC(C)(C)C. The molecule has 0 aliphatic rings. The summed E-state index contributed by atoms with van der Waals surface area (Å²) in [5.41, 5.74) is -0.588. The van der Waals surface area contributed by atoms with E-state index in [0.29, 0.717) is 6.61 Å². The second-order valence-corrected chi connectivity index (χ2v) is 4.67. The van der Waals surface area contributed by atoms with E-state index >= 15 is 0 Å². The van der Waals surface area contributed by atoms with Gasteiger partial charge in [0.15, 0.2) is 0 Å². The lowest BCUT2D eigenvalue weighted by atomic mass is 10.2.